The number of rotatable bonds is 5. The molecule has 7 nitrogen and oxygen atoms in total. The van der Waals surface area contributed by atoms with Crippen LogP contribution in [0.5, 0.6) is 11.5 Å². The second-order valence-electron chi connectivity index (χ2n) is 6.50. The molecule has 0 radical (unpaired) electrons. The van der Waals surface area contributed by atoms with Crippen LogP contribution in [-0.4, -0.2) is 42.8 Å². The zero-order valence-corrected chi connectivity index (χ0v) is 15.4. The zero-order valence-electron chi connectivity index (χ0n) is 13.8. The van der Waals surface area contributed by atoms with Gasteiger partial charge in [0.1, 0.15) is 0 Å². The normalized spacial score (nSPS) is 20.3. The summed E-state index contributed by atoms with van der Waals surface area (Å²) in [7, 11) is 0. The molecular formula is C16H23Cl2N3O4. The topological polar surface area (TPSA) is 76.9 Å². The summed E-state index contributed by atoms with van der Waals surface area (Å²) in [6, 6.07) is 3.44. The first-order valence-corrected chi connectivity index (χ1v) is 8.25. The number of nitro benzene ring substituents is 1. The first kappa shape index (κ1) is 20.0. The van der Waals surface area contributed by atoms with E-state index in [4.69, 9.17) is 9.47 Å². The van der Waals surface area contributed by atoms with Crippen molar-refractivity contribution >= 4 is 30.5 Å². The Bertz CT molecular complexity index is 622. The van der Waals surface area contributed by atoms with E-state index in [-0.39, 0.29) is 48.3 Å². The van der Waals surface area contributed by atoms with Crippen molar-refractivity contribution in [3.8, 4) is 11.5 Å². The van der Waals surface area contributed by atoms with Crippen molar-refractivity contribution in [2.24, 2.45) is 5.92 Å². The molecule has 0 spiro atoms. The van der Waals surface area contributed by atoms with E-state index < -0.39 is 0 Å². The number of halogens is 2. The highest BCUT2D eigenvalue weighted by atomic mass is 35.5. The van der Waals surface area contributed by atoms with Crippen LogP contribution >= 0.6 is 24.8 Å². The summed E-state index contributed by atoms with van der Waals surface area (Å²) < 4.78 is 10.8. The number of fused-ring (bicyclic) bond motifs is 1. The van der Waals surface area contributed by atoms with Crippen LogP contribution in [0.3, 0.4) is 0 Å². The molecular weight excluding hydrogens is 369 g/mol. The van der Waals surface area contributed by atoms with Crippen molar-refractivity contribution in [3.63, 3.8) is 0 Å². The fourth-order valence-corrected chi connectivity index (χ4v) is 3.51. The molecule has 1 N–H and O–H groups in total. The number of ether oxygens (including phenoxy) is 2. The number of hydrogen-bond donors (Lipinski definition) is 1. The number of nitrogens with one attached hydrogen (secondary N) is 1. The maximum atomic E-state index is 11.6. The number of nitro groups is 1. The summed E-state index contributed by atoms with van der Waals surface area (Å²) in [6.45, 7) is 3.84. The molecule has 25 heavy (non-hydrogen) atoms. The van der Waals surface area contributed by atoms with Gasteiger partial charge in [-0.3, -0.25) is 15.0 Å². The Morgan fingerprint density at radius 1 is 1.20 bits per heavy atom. The van der Waals surface area contributed by atoms with Crippen LogP contribution in [-0.2, 0) is 0 Å². The molecule has 0 bridgehead atoms. The molecule has 2 fully saturated rings. The average Bonchev–Trinajstić information content (AvgIpc) is 3.27. The molecule has 0 aromatic heterocycles. The quantitative estimate of drug-likeness (QED) is 0.614. The van der Waals surface area contributed by atoms with E-state index in [0.29, 0.717) is 17.4 Å². The van der Waals surface area contributed by atoms with Gasteiger partial charge in [0.05, 0.1) is 16.6 Å². The molecule has 2 aliphatic heterocycles. The number of nitrogens with zero attached hydrogens (tertiary/aromatic N) is 2. The van der Waals surface area contributed by atoms with Crippen molar-refractivity contribution in [1.29, 1.82) is 0 Å². The SMILES string of the molecule is Cl.Cl.O=[N+]([O-])c1cc2c(cc1[C@H](CC1CC1)N1CCNCC1)OCO2. The van der Waals surface area contributed by atoms with Gasteiger partial charge in [0.25, 0.3) is 5.69 Å². The second kappa shape index (κ2) is 8.40. The molecule has 3 aliphatic rings. The molecule has 1 saturated carbocycles. The van der Waals surface area contributed by atoms with Gasteiger partial charge < -0.3 is 14.8 Å². The van der Waals surface area contributed by atoms with Crippen LogP contribution in [0.2, 0.25) is 0 Å². The van der Waals surface area contributed by atoms with Crippen LogP contribution in [0.25, 0.3) is 0 Å². The monoisotopic (exact) mass is 391 g/mol. The fraction of sp³-hybridized carbons (Fsp3) is 0.625. The van der Waals surface area contributed by atoms with Crippen LogP contribution in [0.4, 0.5) is 5.69 Å². The lowest BCUT2D eigenvalue weighted by Crippen LogP contribution is -2.45. The van der Waals surface area contributed by atoms with Crippen molar-refractivity contribution in [2.45, 2.75) is 25.3 Å². The number of piperazine rings is 1. The van der Waals surface area contributed by atoms with Gasteiger partial charge in [0, 0.05) is 32.2 Å². The second-order valence-corrected chi connectivity index (χ2v) is 6.50. The molecule has 1 saturated heterocycles. The van der Waals surface area contributed by atoms with Gasteiger partial charge in [-0.15, -0.1) is 24.8 Å². The zero-order chi connectivity index (χ0) is 15.8. The first-order valence-electron chi connectivity index (χ1n) is 8.25. The van der Waals surface area contributed by atoms with Gasteiger partial charge in [-0.2, -0.15) is 0 Å². The summed E-state index contributed by atoms with van der Waals surface area (Å²) >= 11 is 0. The van der Waals surface area contributed by atoms with Crippen LogP contribution in [0.15, 0.2) is 12.1 Å². The lowest BCUT2D eigenvalue weighted by molar-refractivity contribution is -0.386. The minimum atomic E-state index is -0.292. The van der Waals surface area contributed by atoms with Gasteiger partial charge in [0.2, 0.25) is 6.79 Å². The molecule has 1 atom stereocenters. The highest BCUT2D eigenvalue weighted by Crippen LogP contribution is 2.46. The maximum absolute atomic E-state index is 11.6. The third-order valence-corrected chi connectivity index (χ3v) is 4.92. The Morgan fingerprint density at radius 3 is 2.44 bits per heavy atom. The van der Waals surface area contributed by atoms with Crippen LogP contribution in [0.1, 0.15) is 30.9 Å². The lowest BCUT2D eigenvalue weighted by Gasteiger charge is -2.35. The van der Waals surface area contributed by atoms with E-state index in [1.807, 2.05) is 6.07 Å². The van der Waals surface area contributed by atoms with Crippen molar-refractivity contribution in [2.75, 3.05) is 33.0 Å². The van der Waals surface area contributed by atoms with Crippen LogP contribution in [0, 0.1) is 16.0 Å². The standard InChI is InChI=1S/C16H21N3O4.2ClH/c20-19(21)14-9-16-15(22-10-23-16)8-12(14)13(7-11-1-2-11)18-5-3-17-4-6-18;;/h8-9,11,13,17H,1-7,10H2;2*1H/t13-;;/m0../s1. The third-order valence-electron chi connectivity index (χ3n) is 4.92. The number of hydrogen-bond acceptors (Lipinski definition) is 6. The van der Waals surface area contributed by atoms with E-state index >= 15 is 0 Å². The number of benzene rings is 1. The highest BCUT2D eigenvalue weighted by Gasteiger charge is 2.35. The predicted octanol–water partition coefficient (Wildman–Crippen LogP) is 2.91. The van der Waals surface area contributed by atoms with E-state index in [1.54, 1.807) is 0 Å². The summed E-state index contributed by atoms with van der Waals surface area (Å²) in [5, 5.41) is 14.9. The Labute approximate surface area is 159 Å². The Kier molecular flexibility index (Phi) is 6.73. The minimum absolute atomic E-state index is 0. The fourth-order valence-electron chi connectivity index (χ4n) is 3.51. The lowest BCUT2D eigenvalue weighted by atomic mass is 9.96. The summed E-state index contributed by atoms with van der Waals surface area (Å²) in [4.78, 5) is 13.7. The Morgan fingerprint density at radius 2 is 1.84 bits per heavy atom. The van der Waals surface area contributed by atoms with E-state index in [1.165, 1.54) is 18.9 Å². The Balaban J connectivity index is 0.00000113. The molecule has 1 aromatic rings. The van der Waals surface area contributed by atoms with E-state index in [0.717, 1.165) is 38.2 Å². The molecule has 9 heteroatoms. The molecule has 4 rings (SSSR count). The molecule has 2 heterocycles. The smallest absolute Gasteiger partial charge is 0.278 e. The van der Waals surface area contributed by atoms with E-state index in [9.17, 15) is 10.1 Å². The average molecular weight is 392 g/mol. The summed E-state index contributed by atoms with van der Waals surface area (Å²) in [5.74, 6) is 1.80. The molecule has 140 valence electrons. The van der Waals surface area contributed by atoms with Gasteiger partial charge in [0.15, 0.2) is 11.5 Å². The predicted molar refractivity (Wildman–Crippen MR) is 98.2 cm³/mol. The van der Waals surface area contributed by atoms with E-state index in [2.05, 4.69) is 10.2 Å². The van der Waals surface area contributed by atoms with Crippen molar-refractivity contribution in [1.82, 2.24) is 10.2 Å². The molecule has 1 aromatic carbocycles. The van der Waals surface area contributed by atoms with Gasteiger partial charge in [-0.1, -0.05) is 12.8 Å². The molecule has 1 aliphatic carbocycles. The largest absolute Gasteiger partial charge is 0.454 e. The van der Waals surface area contributed by atoms with Gasteiger partial charge in [-0.05, 0) is 18.4 Å². The van der Waals surface area contributed by atoms with Crippen LogP contribution < -0.4 is 14.8 Å². The third kappa shape index (κ3) is 4.28. The van der Waals surface area contributed by atoms with Gasteiger partial charge in [-0.25, -0.2) is 0 Å². The molecule has 0 amide bonds. The van der Waals surface area contributed by atoms with Gasteiger partial charge >= 0.3 is 0 Å². The Hall–Kier alpha value is -1.28. The first-order chi connectivity index (χ1) is 11.2. The molecule has 0 unspecified atom stereocenters. The highest BCUT2D eigenvalue weighted by molar-refractivity contribution is 5.85. The summed E-state index contributed by atoms with van der Waals surface area (Å²) in [5.41, 5.74) is 0.923. The minimum Gasteiger partial charge on any atom is -0.454 e. The maximum Gasteiger partial charge on any atom is 0.278 e. The van der Waals surface area contributed by atoms with Crippen molar-refractivity contribution < 1.29 is 14.4 Å². The summed E-state index contributed by atoms with van der Waals surface area (Å²) in [6.07, 6.45) is 3.46. The van der Waals surface area contributed by atoms with Crippen molar-refractivity contribution in [3.05, 3.63) is 27.8 Å².